The van der Waals surface area contributed by atoms with Crippen molar-refractivity contribution in [3.05, 3.63) is 52.2 Å². The fraction of sp³-hybridized carbons (Fsp3) is 0.333. The molecule has 0 fully saturated rings. The minimum atomic E-state index is 0.697. The largest absolute Gasteiger partial charge is 0.353 e. The predicted octanol–water partition coefficient (Wildman–Crippen LogP) is 2.32. The molecule has 0 radical (unpaired) electrons. The summed E-state index contributed by atoms with van der Waals surface area (Å²) in [5.74, 6) is 1.69. The molecule has 0 spiro atoms. The van der Waals surface area contributed by atoms with Gasteiger partial charge in [0.2, 0.25) is 0 Å². The highest BCUT2D eigenvalue weighted by Gasteiger charge is 2.20. The van der Waals surface area contributed by atoms with Crippen molar-refractivity contribution in [3.63, 3.8) is 0 Å². The number of pyridine rings is 1. The first-order valence-corrected chi connectivity index (χ1v) is 9.30. The van der Waals surface area contributed by atoms with Crippen LogP contribution in [0.5, 0.6) is 0 Å². The van der Waals surface area contributed by atoms with Crippen LogP contribution in [0.3, 0.4) is 0 Å². The molecule has 0 bridgehead atoms. The van der Waals surface area contributed by atoms with Gasteiger partial charge in [-0.2, -0.15) is 0 Å². The molecule has 7 heteroatoms. The number of hydrogen-bond donors (Lipinski definition) is 1. The van der Waals surface area contributed by atoms with Crippen LogP contribution in [0.15, 0.2) is 36.0 Å². The van der Waals surface area contributed by atoms with Gasteiger partial charge in [0.25, 0.3) is 0 Å². The van der Waals surface area contributed by atoms with E-state index in [9.17, 15) is 0 Å². The standard InChI is InChI=1S/C18H20N6S/c1-24(12-16-21-10-11-25-16)18-13-5-8-19-9-6-14(13)22-17(23-18)15-4-2-3-7-20-15/h2-4,7,10-11,19H,5-6,8-9,12H2,1H3. The van der Waals surface area contributed by atoms with Gasteiger partial charge in [0, 0.05) is 43.4 Å². The zero-order chi connectivity index (χ0) is 17.1. The van der Waals surface area contributed by atoms with Crippen LogP contribution < -0.4 is 10.2 Å². The summed E-state index contributed by atoms with van der Waals surface area (Å²) in [7, 11) is 2.07. The lowest BCUT2D eigenvalue weighted by atomic mass is 10.1. The molecule has 0 aromatic carbocycles. The van der Waals surface area contributed by atoms with Gasteiger partial charge in [0.05, 0.1) is 12.2 Å². The Morgan fingerprint density at radius 3 is 2.84 bits per heavy atom. The fourth-order valence-electron chi connectivity index (χ4n) is 3.06. The summed E-state index contributed by atoms with van der Waals surface area (Å²) in [6, 6.07) is 5.84. The number of rotatable bonds is 4. The molecule has 4 rings (SSSR count). The van der Waals surface area contributed by atoms with Crippen molar-refractivity contribution < 1.29 is 0 Å². The van der Waals surface area contributed by atoms with E-state index in [0.29, 0.717) is 5.82 Å². The Morgan fingerprint density at radius 2 is 2.04 bits per heavy atom. The van der Waals surface area contributed by atoms with Crippen LogP contribution in [0.2, 0.25) is 0 Å². The van der Waals surface area contributed by atoms with Gasteiger partial charge in [-0.15, -0.1) is 11.3 Å². The maximum absolute atomic E-state index is 4.88. The molecule has 0 unspecified atom stereocenters. The van der Waals surface area contributed by atoms with E-state index in [0.717, 1.165) is 54.7 Å². The third kappa shape index (κ3) is 3.52. The highest BCUT2D eigenvalue weighted by Crippen LogP contribution is 2.27. The number of thiazole rings is 1. The Hall–Kier alpha value is -2.38. The van der Waals surface area contributed by atoms with Crippen LogP contribution in [-0.2, 0) is 19.4 Å². The van der Waals surface area contributed by atoms with Gasteiger partial charge >= 0.3 is 0 Å². The molecule has 6 nitrogen and oxygen atoms in total. The molecule has 0 saturated carbocycles. The molecule has 0 atom stereocenters. The van der Waals surface area contributed by atoms with Crippen LogP contribution >= 0.6 is 11.3 Å². The predicted molar refractivity (Wildman–Crippen MR) is 99.8 cm³/mol. The molecular weight excluding hydrogens is 332 g/mol. The normalized spacial score (nSPS) is 14.0. The summed E-state index contributed by atoms with van der Waals surface area (Å²) in [6.45, 7) is 2.65. The lowest BCUT2D eigenvalue weighted by molar-refractivity contribution is 0.708. The number of nitrogens with one attached hydrogen (secondary N) is 1. The van der Waals surface area contributed by atoms with Crippen molar-refractivity contribution in [3.8, 4) is 11.5 Å². The quantitative estimate of drug-likeness (QED) is 0.777. The second-order valence-electron chi connectivity index (χ2n) is 6.04. The van der Waals surface area contributed by atoms with E-state index >= 15 is 0 Å². The van der Waals surface area contributed by atoms with E-state index in [1.807, 2.05) is 29.8 Å². The Bertz CT molecular complexity index is 834. The van der Waals surface area contributed by atoms with Crippen molar-refractivity contribution in [1.29, 1.82) is 0 Å². The van der Waals surface area contributed by atoms with Crippen molar-refractivity contribution in [2.75, 3.05) is 25.0 Å². The molecule has 3 aromatic rings. The van der Waals surface area contributed by atoms with Crippen LogP contribution in [-0.4, -0.2) is 40.1 Å². The van der Waals surface area contributed by atoms with E-state index in [1.54, 1.807) is 17.5 Å². The van der Waals surface area contributed by atoms with Crippen molar-refractivity contribution in [2.24, 2.45) is 0 Å². The van der Waals surface area contributed by atoms with Crippen molar-refractivity contribution >= 4 is 17.2 Å². The van der Waals surface area contributed by atoms with E-state index in [1.165, 1.54) is 5.56 Å². The summed E-state index contributed by atoms with van der Waals surface area (Å²) in [5.41, 5.74) is 3.18. The Labute approximate surface area is 151 Å². The van der Waals surface area contributed by atoms with E-state index in [4.69, 9.17) is 9.97 Å². The van der Waals surface area contributed by atoms with Crippen molar-refractivity contribution in [2.45, 2.75) is 19.4 Å². The lowest BCUT2D eigenvalue weighted by Gasteiger charge is -2.22. The van der Waals surface area contributed by atoms with Crippen LogP contribution in [0.4, 0.5) is 5.82 Å². The fourth-order valence-corrected chi connectivity index (χ4v) is 3.73. The molecule has 128 valence electrons. The van der Waals surface area contributed by atoms with E-state index < -0.39 is 0 Å². The van der Waals surface area contributed by atoms with E-state index in [2.05, 4.69) is 27.2 Å². The minimum Gasteiger partial charge on any atom is -0.353 e. The lowest BCUT2D eigenvalue weighted by Crippen LogP contribution is -2.21. The maximum atomic E-state index is 4.88. The maximum Gasteiger partial charge on any atom is 0.180 e. The third-order valence-corrected chi connectivity index (χ3v) is 5.04. The first-order chi connectivity index (χ1) is 12.3. The minimum absolute atomic E-state index is 0.697. The summed E-state index contributed by atoms with van der Waals surface area (Å²) in [5, 5.41) is 6.54. The zero-order valence-corrected chi connectivity index (χ0v) is 15.0. The molecule has 0 aliphatic carbocycles. The van der Waals surface area contributed by atoms with Gasteiger partial charge in [0.1, 0.15) is 16.5 Å². The molecule has 1 aliphatic heterocycles. The molecule has 1 aliphatic rings. The average molecular weight is 352 g/mol. The van der Waals surface area contributed by atoms with Gasteiger partial charge in [-0.3, -0.25) is 4.98 Å². The van der Waals surface area contributed by atoms with Gasteiger partial charge in [-0.25, -0.2) is 15.0 Å². The molecule has 3 aromatic heterocycles. The van der Waals surface area contributed by atoms with Crippen LogP contribution in [0.25, 0.3) is 11.5 Å². The van der Waals surface area contributed by atoms with Crippen LogP contribution in [0.1, 0.15) is 16.3 Å². The zero-order valence-electron chi connectivity index (χ0n) is 14.1. The molecular formula is C18H20N6S. The van der Waals surface area contributed by atoms with Gasteiger partial charge in [0.15, 0.2) is 5.82 Å². The average Bonchev–Trinajstić information content (AvgIpc) is 3.04. The Kier molecular flexibility index (Phi) is 4.67. The number of fused-ring (bicyclic) bond motifs is 1. The monoisotopic (exact) mass is 352 g/mol. The summed E-state index contributed by atoms with van der Waals surface area (Å²) >= 11 is 1.67. The van der Waals surface area contributed by atoms with Gasteiger partial charge < -0.3 is 10.2 Å². The first-order valence-electron chi connectivity index (χ1n) is 8.42. The van der Waals surface area contributed by atoms with Crippen molar-refractivity contribution in [1.82, 2.24) is 25.3 Å². The van der Waals surface area contributed by atoms with Gasteiger partial charge in [-0.05, 0) is 25.1 Å². The second-order valence-corrected chi connectivity index (χ2v) is 7.02. The van der Waals surface area contributed by atoms with E-state index in [-0.39, 0.29) is 0 Å². The molecule has 25 heavy (non-hydrogen) atoms. The molecule has 4 heterocycles. The number of nitrogens with zero attached hydrogens (tertiary/aromatic N) is 5. The molecule has 0 amide bonds. The highest BCUT2D eigenvalue weighted by molar-refractivity contribution is 7.09. The number of anilines is 1. The number of hydrogen-bond acceptors (Lipinski definition) is 7. The summed E-state index contributed by atoms with van der Waals surface area (Å²) in [6.07, 6.45) is 5.48. The summed E-state index contributed by atoms with van der Waals surface area (Å²) in [4.78, 5) is 20.7. The molecule has 0 saturated heterocycles. The third-order valence-electron chi connectivity index (χ3n) is 4.27. The SMILES string of the molecule is CN(Cc1nccs1)c1nc(-c2ccccn2)nc2c1CCNCC2. The number of aromatic nitrogens is 4. The highest BCUT2D eigenvalue weighted by atomic mass is 32.1. The topological polar surface area (TPSA) is 66.8 Å². The Balaban J connectivity index is 1.77. The molecule has 1 N–H and O–H groups in total. The van der Waals surface area contributed by atoms with Crippen LogP contribution in [0, 0.1) is 0 Å². The smallest absolute Gasteiger partial charge is 0.180 e. The first kappa shape index (κ1) is 16.1. The summed E-state index contributed by atoms with van der Waals surface area (Å²) < 4.78 is 0. The second kappa shape index (κ2) is 7.25. The Morgan fingerprint density at radius 1 is 1.12 bits per heavy atom. The van der Waals surface area contributed by atoms with Gasteiger partial charge in [-0.1, -0.05) is 6.07 Å².